The Bertz CT molecular complexity index is 862. The summed E-state index contributed by atoms with van der Waals surface area (Å²) in [7, 11) is 0. The van der Waals surface area contributed by atoms with E-state index in [1.165, 1.54) is 0 Å². The van der Waals surface area contributed by atoms with Crippen molar-refractivity contribution in [3.63, 3.8) is 0 Å². The first kappa shape index (κ1) is 11.2. The molecule has 4 aromatic rings. The molecule has 0 radical (unpaired) electrons. The number of furan rings is 1. The van der Waals surface area contributed by atoms with Crippen molar-refractivity contribution in [2.24, 2.45) is 0 Å². The standard InChI is InChI=1S/C14H10N4OS/c15-12-6-10(9-3-5-20-8-9)7-13-16-14(17-18(12)13)11-2-1-4-19-11/h1-8H,15H2. The van der Waals surface area contributed by atoms with Gasteiger partial charge in [-0.3, -0.25) is 0 Å². The summed E-state index contributed by atoms with van der Waals surface area (Å²) in [5, 5.41) is 8.48. The van der Waals surface area contributed by atoms with Gasteiger partial charge in [0.2, 0.25) is 5.82 Å². The Hall–Kier alpha value is -2.60. The molecule has 0 unspecified atom stereocenters. The van der Waals surface area contributed by atoms with Crippen molar-refractivity contribution in [1.82, 2.24) is 14.6 Å². The van der Waals surface area contributed by atoms with Gasteiger partial charge in [0.1, 0.15) is 5.82 Å². The van der Waals surface area contributed by atoms with Crippen molar-refractivity contribution in [3.05, 3.63) is 47.4 Å². The fraction of sp³-hybridized carbons (Fsp3) is 0. The highest BCUT2D eigenvalue weighted by Crippen LogP contribution is 2.26. The molecule has 4 heterocycles. The molecule has 5 nitrogen and oxygen atoms in total. The molecule has 0 spiro atoms. The maximum atomic E-state index is 6.06. The zero-order valence-corrected chi connectivity index (χ0v) is 11.2. The van der Waals surface area contributed by atoms with Crippen LogP contribution in [0.3, 0.4) is 0 Å². The molecule has 2 N–H and O–H groups in total. The van der Waals surface area contributed by atoms with Gasteiger partial charge in [-0.05, 0) is 52.2 Å². The average Bonchev–Trinajstić information content (AvgIpc) is 3.19. The van der Waals surface area contributed by atoms with E-state index in [9.17, 15) is 0 Å². The number of nitrogens with two attached hydrogens (primary N) is 1. The van der Waals surface area contributed by atoms with E-state index in [1.807, 2.05) is 23.6 Å². The molecule has 0 aliphatic carbocycles. The van der Waals surface area contributed by atoms with Gasteiger partial charge in [-0.25, -0.2) is 4.98 Å². The molecule has 4 rings (SSSR count). The summed E-state index contributed by atoms with van der Waals surface area (Å²) < 4.78 is 6.93. The van der Waals surface area contributed by atoms with E-state index in [0.29, 0.717) is 23.0 Å². The van der Waals surface area contributed by atoms with Gasteiger partial charge in [-0.15, -0.1) is 5.10 Å². The number of rotatable bonds is 2. The molecular formula is C14H10N4OS. The first-order valence-electron chi connectivity index (χ1n) is 6.04. The monoisotopic (exact) mass is 282 g/mol. The lowest BCUT2D eigenvalue weighted by Crippen LogP contribution is -1.98. The Morgan fingerprint density at radius 2 is 2.15 bits per heavy atom. The fourth-order valence-electron chi connectivity index (χ4n) is 2.11. The lowest BCUT2D eigenvalue weighted by atomic mass is 10.1. The maximum absolute atomic E-state index is 6.06. The van der Waals surface area contributed by atoms with Crippen LogP contribution in [-0.2, 0) is 0 Å². The summed E-state index contributed by atoms with van der Waals surface area (Å²) in [6, 6.07) is 9.55. The predicted octanol–water partition coefficient (Wildman–Crippen LogP) is 3.30. The number of pyridine rings is 1. The molecule has 20 heavy (non-hydrogen) atoms. The highest BCUT2D eigenvalue weighted by Gasteiger charge is 2.12. The van der Waals surface area contributed by atoms with Crippen LogP contribution in [-0.4, -0.2) is 14.6 Å². The van der Waals surface area contributed by atoms with Crippen LogP contribution in [0.25, 0.3) is 28.4 Å². The summed E-state index contributed by atoms with van der Waals surface area (Å²) in [4.78, 5) is 4.47. The smallest absolute Gasteiger partial charge is 0.217 e. The van der Waals surface area contributed by atoms with Crippen LogP contribution in [0.4, 0.5) is 5.82 Å². The second kappa shape index (κ2) is 4.21. The van der Waals surface area contributed by atoms with Crippen LogP contribution in [0.2, 0.25) is 0 Å². The molecule has 6 heteroatoms. The van der Waals surface area contributed by atoms with Crippen LogP contribution in [0, 0.1) is 0 Å². The molecule has 0 fully saturated rings. The van der Waals surface area contributed by atoms with Crippen LogP contribution >= 0.6 is 11.3 Å². The van der Waals surface area contributed by atoms with Gasteiger partial charge in [0.05, 0.1) is 6.26 Å². The van der Waals surface area contributed by atoms with Crippen molar-refractivity contribution in [2.75, 3.05) is 5.73 Å². The number of hydrogen-bond donors (Lipinski definition) is 1. The summed E-state index contributed by atoms with van der Waals surface area (Å²) in [5.74, 6) is 1.71. The number of hydrogen-bond acceptors (Lipinski definition) is 5. The molecule has 0 amide bonds. The minimum atomic E-state index is 0.532. The van der Waals surface area contributed by atoms with Gasteiger partial charge in [0.25, 0.3) is 0 Å². The summed E-state index contributed by atoms with van der Waals surface area (Å²) in [6.07, 6.45) is 1.60. The topological polar surface area (TPSA) is 69.3 Å². The molecular weight excluding hydrogens is 272 g/mol. The molecule has 0 bridgehead atoms. The lowest BCUT2D eigenvalue weighted by Gasteiger charge is -2.02. The van der Waals surface area contributed by atoms with Gasteiger partial charge >= 0.3 is 0 Å². The van der Waals surface area contributed by atoms with E-state index in [2.05, 4.69) is 21.5 Å². The predicted molar refractivity (Wildman–Crippen MR) is 78.4 cm³/mol. The van der Waals surface area contributed by atoms with Crippen molar-refractivity contribution in [3.8, 4) is 22.7 Å². The van der Waals surface area contributed by atoms with E-state index in [-0.39, 0.29) is 0 Å². The third-order valence-corrected chi connectivity index (χ3v) is 3.74. The van der Waals surface area contributed by atoms with Gasteiger partial charge < -0.3 is 10.2 Å². The third-order valence-electron chi connectivity index (χ3n) is 3.06. The highest BCUT2D eigenvalue weighted by atomic mass is 32.1. The molecule has 0 aliphatic heterocycles. The van der Waals surface area contributed by atoms with E-state index in [1.54, 1.807) is 28.2 Å². The minimum Gasteiger partial charge on any atom is -0.461 e. The van der Waals surface area contributed by atoms with E-state index in [0.717, 1.165) is 11.1 Å². The second-order valence-corrected chi connectivity index (χ2v) is 5.14. The van der Waals surface area contributed by atoms with Crippen LogP contribution < -0.4 is 5.73 Å². The van der Waals surface area contributed by atoms with Crippen molar-refractivity contribution >= 4 is 22.8 Å². The Morgan fingerprint density at radius 3 is 2.90 bits per heavy atom. The van der Waals surface area contributed by atoms with Crippen molar-refractivity contribution < 1.29 is 4.42 Å². The van der Waals surface area contributed by atoms with Crippen molar-refractivity contribution in [1.29, 1.82) is 0 Å². The van der Waals surface area contributed by atoms with Crippen LogP contribution in [0.5, 0.6) is 0 Å². The van der Waals surface area contributed by atoms with Gasteiger partial charge in [-0.2, -0.15) is 15.9 Å². The maximum Gasteiger partial charge on any atom is 0.217 e. The lowest BCUT2D eigenvalue weighted by molar-refractivity contribution is 0.577. The minimum absolute atomic E-state index is 0.532. The summed E-state index contributed by atoms with van der Waals surface area (Å²) in [5.41, 5.74) is 8.94. The number of nitrogens with zero attached hydrogens (tertiary/aromatic N) is 3. The van der Waals surface area contributed by atoms with Gasteiger partial charge in [-0.1, -0.05) is 0 Å². The summed E-state index contributed by atoms with van der Waals surface area (Å²) in [6.45, 7) is 0. The fourth-order valence-corrected chi connectivity index (χ4v) is 2.78. The number of aromatic nitrogens is 3. The Morgan fingerprint density at radius 1 is 1.20 bits per heavy atom. The molecule has 0 aromatic carbocycles. The number of thiophene rings is 1. The quantitative estimate of drug-likeness (QED) is 0.612. The normalized spacial score (nSPS) is 11.2. The number of nitrogen functional groups attached to an aromatic ring is 1. The Kier molecular flexibility index (Phi) is 2.37. The average molecular weight is 282 g/mol. The molecule has 0 saturated heterocycles. The van der Waals surface area contributed by atoms with Crippen molar-refractivity contribution in [2.45, 2.75) is 0 Å². The first-order valence-corrected chi connectivity index (χ1v) is 6.98. The van der Waals surface area contributed by atoms with Gasteiger partial charge in [0, 0.05) is 0 Å². The van der Waals surface area contributed by atoms with Gasteiger partial charge in [0.15, 0.2) is 11.4 Å². The number of anilines is 1. The molecule has 98 valence electrons. The van der Waals surface area contributed by atoms with E-state index in [4.69, 9.17) is 10.2 Å². The summed E-state index contributed by atoms with van der Waals surface area (Å²) >= 11 is 1.65. The molecule has 0 aliphatic rings. The Balaban J connectivity index is 1.92. The highest BCUT2D eigenvalue weighted by molar-refractivity contribution is 7.08. The molecule has 4 aromatic heterocycles. The largest absolute Gasteiger partial charge is 0.461 e. The molecule has 0 saturated carbocycles. The second-order valence-electron chi connectivity index (χ2n) is 4.36. The first-order chi connectivity index (χ1) is 9.81. The SMILES string of the molecule is Nc1cc(-c2ccsc2)cc2nc(-c3ccco3)nn12. The zero-order chi connectivity index (χ0) is 13.5. The molecule has 0 atom stereocenters. The Labute approximate surface area is 118 Å². The van der Waals surface area contributed by atoms with Crippen LogP contribution in [0.15, 0.2) is 51.8 Å². The van der Waals surface area contributed by atoms with Crippen LogP contribution in [0.1, 0.15) is 0 Å². The third kappa shape index (κ3) is 1.70. The zero-order valence-electron chi connectivity index (χ0n) is 10.4. The number of fused-ring (bicyclic) bond motifs is 1. The van der Waals surface area contributed by atoms with E-state index < -0.39 is 0 Å². The van der Waals surface area contributed by atoms with E-state index >= 15 is 0 Å².